The molecule has 0 N–H and O–H groups in total. The normalized spacial score (nSPS) is 11.8. The van der Waals surface area contributed by atoms with Gasteiger partial charge in [0.15, 0.2) is 0 Å². The van der Waals surface area contributed by atoms with E-state index in [0.29, 0.717) is 0 Å². The molecule has 0 atom stereocenters. The van der Waals surface area contributed by atoms with Crippen LogP contribution in [-0.4, -0.2) is 4.57 Å². The summed E-state index contributed by atoms with van der Waals surface area (Å²) in [5.74, 6) is 0. The number of rotatable bonds is 2. The summed E-state index contributed by atoms with van der Waals surface area (Å²) in [6.07, 6.45) is 0. The summed E-state index contributed by atoms with van der Waals surface area (Å²) in [4.78, 5) is 0. The Kier molecular flexibility index (Phi) is 4.15. The molecule has 0 aliphatic carbocycles. The summed E-state index contributed by atoms with van der Waals surface area (Å²) in [6.45, 7) is 0. The Labute approximate surface area is 204 Å². The van der Waals surface area contributed by atoms with Crippen LogP contribution in [0.3, 0.4) is 0 Å². The van der Waals surface area contributed by atoms with Crippen molar-refractivity contribution in [1.29, 1.82) is 0 Å². The van der Waals surface area contributed by atoms with Gasteiger partial charge >= 0.3 is 0 Å². The maximum absolute atomic E-state index is 6.19. The van der Waals surface area contributed by atoms with Crippen LogP contribution in [0, 0.1) is 3.57 Å². The Bertz CT molecular complexity index is 1820. The van der Waals surface area contributed by atoms with Crippen LogP contribution in [0.1, 0.15) is 0 Å². The topological polar surface area (TPSA) is 18.1 Å². The molecule has 7 aromatic rings. The molecule has 0 unspecified atom stereocenters. The number of benzene rings is 5. The molecule has 0 saturated carbocycles. The molecule has 2 heterocycles. The minimum atomic E-state index is 0.912. The highest BCUT2D eigenvalue weighted by Crippen LogP contribution is 2.39. The third-order valence-electron chi connectivity index (χ3n) is 6.47. The van der Waals surface area contributed by atoms with Gasteiger partial charge in [0.1, 0.15) is 11.2 Å². The first-order valence-electron chi connectivity index (χ1n) is 11.0. The van der Waals surface area contributed by atoms with Gasteiger partial charge in [-0.25, -0.2) is 0 Å². The highest BCUT2D eigenvalue weighted by molar-refractivity contribution is 14.1. The lowest BCUT2D eigenvalue weighted by atomic mass is 10.0. The second-order valence-corrected chi connectivity index (χ2v) is 9.59. The third kappa shape index (κ3) is 2.85. The van der Waals surface area contributed by atoms with E-state index < -0.39 is 0 Å². The van der Waals surface area contributed by atoms with Gasteiger partial charge in [-0.3, -0.25) is 0 Å². The van der Waals surface area contributed by atoms with Crippen LogP contribution >= 0.6 is 22.6 Å². The van der Waals surface area contributed by atoms with E-state index in [2.05, 4.69) is 124 Å². The van der Waals surface area contributed by atoms with E-state index in [1.807, 2.05) is 12.1 Å². The van der Waals surface area contributed by atoms with Crippen molar-refractivity contribution in [3.63, 3.8) is 0 Å². The van der Waals surface area contributed by atoms with Gasteiger partial charge < -0.3 is 8.98 Å². The predicted molar refractivity (Wildman–Crippen MR) is 146 cm³/mol. The van der Waals surface area contributed by atoms with Crippen molar-refractivity contribution in [3.8, 4) is 16.8 Å². The van der Waals surface area contributed by atoms with E-state index in [1.165, 1.54) is 36.5 Å². The molecule has 156 valence electrons. The largest absolute Gasteiger partial charge is 0.456 e. The molecule has 3 heteroatoms. The van der Waals surface area contributed by atoms with Crippen molar-refractivity contribution >= 4 is 66.3 Å². The van der Waals surface area contributed by atoms with E-state index in [1.54, 1.807) is 0 Å². The predicted octanol–water partition coefficient (Wildman–Crippen LogP) is 8.95. The molecule has 2 aromatic heterocycles. The summed E-state index contributed by atoms with van der Waals surface area (Å²) in [7, 11) is 0. The monoisotopic (exact) mass is 535 g/mol. The molecular formula is C30H18INO. The van der Waals surface area contributed by atoms with Gasteiger partial charge in [-0.1, -0.05) is 60.7 Å². The highest BCUT2D eigenvalue weighted by atomic mass is 127. The van der Waals surface area contributed by atoms with Gasteiger partial charge in [0, 0.05) is 19.7 Å². The molecule has 33 heavy (non-hydrogen) atoms. The number of aromatic nitrogens is 1. The van der Waals surface area contributed by atoms with Crippen molar-refractivity contribution in [1.82, 2.24) is 4.57 Å². The number of hydrogen-bond donors (Lipinski definition) is 0. The van der Waals surface area contributed by atoms with Crippen LogP contribution in [0.25, 0.3) is 60.6 Å². The second kappa shape index (κ2) is 7.22. The zero-order chi connectivity index (χ0) is 21.9. The minimum absolute atomic E-state index is 0.912. The van der Waals surface area contributed by atoms with E-state index in [4.69, 9.17) is 4.42 Å². The molecule has 0 radical (unpaired) electrons. The fourth-order valence-corrected chi connectivity index (χ4v) is 5.36. The lowest BCUT2D eigenvalue weighted by molar-refractivity contribution is 0.669. The van der Waals surface area contributed by atoms with Gasteiger partial charge in [0.25, 0.3) is 0 Å². The van der Waals surface area contributed by atoms with Crippen molar-refractivity contribution in [2.24, 2.45) is 0 Å². The van der Waals surface area contributed by atoms with Gasteiger partial charge in [0.05, 0.1) is 22.1 Å². The summed E-state index contributed by atoms with van der Waals surface area (Å²) in [6, 6.07) is 38.8. The number of furan rings is 1. The first kappa shape index (κ1) is 18.9. The number of para-hydroxylation sites is 2. The van der Waals surface area contributed by atoms with E-state index >= 15 is 0 Å². The summed E-state index contributed by atoms with van der Waals surface area (Å²) in [5.41, 5.74) is 7.83. The first-order valence-corrected chi connectivity index (χ1v) is 12.1. The number of hydrogen-bond acceptors (Lipinski definition) is 1. The lowest BCUT2D eigenvalue weighted by Crippen LogP contribution is -1.94. The van der Waals surface area contributed by atoms with Crippen molar-refractivity contribution < 1.29 is 4.42 Å². The Balaban J connectivity index is 1.58. The van der Waals surface area contributed by atoms with Crippen LogP contribution in [-0.2, 0) is 0 Å². The number of nitrogens with zero attached hydrogens (tertiary/aromatic N) is 1. The molecule has 7 rings (SSSR count). The molecule has 0 saturated heterocycles. The molecule has 0 spiro atoms. The summed E-state index contributed by atoms with van der Waals surface area (Å²) >= 11 is 2.35. The molecule has 0 aliphatic heterocycles. The Morgan fingerprint density at radius 2 is 1.24 bits per heavy atom. The van der Waals surface area contributed by atoms with Crippen molar-refractivity contribution in [3.05, 3.63) is 113 Å². The maximum Gasteiger partial charge on any atom is 0.137 e. The smallest absolute Gasteiger partial charge is 0.137 e. The number of fused-ring (bicyclic) bond motifs is 6. The first-order chi connectivity index (χ1) is 16.3. The lowest BCUT2D eigenvalue weighted by Gasteiger charge is -2.10. The van der Waals surface area contributed by atoms with Crippen molar-refractivity contribution in [2.75, 3.05) is 0 Å². The zero-order valence-corrected chi connectivity index (χ0v) is 19.8. The third-order valence-corrected chi connectivity index (χ3v) is 7.19. The zero-order valence-electron chi connectivity index (χ0n) is 17.6. The fourth-order valence-electron chi connectivity index (χ4n) is 5.00. The molecule has 0 fully saturated rings. The van der Waals surface area contributed by atoms with E-state index in [-0.39, 0.29) is 0 Å². The van der Waals surface area contributed by atoms with Crippen LogP contribution in [0.4, 0.5) is 0 Å². The Morgan fingerprint density at radius 1 is 0.545 bits per heavy atom. The standard InChI is InChI=1S/C30H18INO/c31-21-15-12-19(13-16-21)20-14-17-26-24(18-20)22-6-1-3-8-25(22)32(26)27-9-5-11-29-30(27)23-7-2-4-10-28(23)33-29/h1-18H. The molecule has 0 aliphatic rings. The Morgan fingerprint density at radius 3 is 2.12 bits per heavy atom. The fraction of sp³-hybridized carbons (Fsp3) is 0. The van der Waals surface area contributed by atoms with Gasteiger partial charge in [-0.05, 0) is 82.2 Å². The average Bonchev–Trinajstić information content (AvgIpc) is 3.40. The number of halogens is 1. The van der Waals surface area contributed by atoms with Gasteiger partial charge in [0.2, 0.25) is 0 Å². The Hall–Kier alpha value is -3.57. The summed E-state index contributed by atoms with van der Waals surface area (Å²) < 4.78 is 9.81. The molecular weight excluding hydrogens is 517 g/mol. The van der Waals surface area contributed by atoms with Crippen LogP contribution in [0.15, 0.2) is 114 Å². The van der Waals surface area contributed by atoms with Crippen LogP contribution < -0.4 is 0 Å². The molecule has 0 bridgehead atoms. The maximum atomic E-state index is 6.19. The van der Waals surface area contributed by atoms with Gasteiger partial charge in [-0.15, -0.1) is 0 Å². The molecule has 0 amide bonds. The van der Waals surface area contributed by atoms with E-state index in [9.17, 15) is 0 Å². The quantitative estimate of drug-likeness (QED) is 0.202. The average molecular weight is 535 g/mol. The second-order valence-electron chi connectivity index (χ2n) is 8.34. The molecule has 5 aromatic carbocycles. The SMILES string of the molecule is Ic1ccc(-c2ccc3c(c2)c2ccccc2n3-c2cccc3oc4ccccc4c23)cc1. The van der Waals surface area contributed by atoms with Crippen LogP contribution in [0.5, 0.6) is 0 Å². The highest BCUT2D eigenvalue weighted by Gasteiger charge is 2.17. The van der Waals surface area contributed by atoms with Crippen molar-refractivity contribution in [2.45, 2.75) is 0 Å². The summed E-state index contributed by atoms with van der Waals surface area (Å²) in [5, 5.41) is 4.80. The molecule has 2 nitrogen and oxygen atoms in total. The van der Waals surface area contributed by atoms with Gasteiger partial charge in [-0.2, -0.15) is 0 Å². The minimum Gasteiger partial charge on any atom is -0.456 e. The van der Waals surface area contributed by atoms with E-state index in [0.717, 1.165) is 27.6 Å². The van der Waals surface area contributed by atoms with Crippen LogP contribution in [0.2, 0.25) is 0 Å².